The number of ether oxygens (including phenoxy) is 1. The summed E-state index contributed by atoms with van der Waals surface area (Å²) in [5, 5.41) is 11.5. The average molecular weight is 491 g/mol. The number of aromatic nitrogens is 4. The molecule has 5 aromatic rings. The topological polar surface area (TPSA) is 96.9 Å². The van der Waals surface area contributed by atoms with Crippen LogP contribution >= 0.6 is 0 Å². The number of hydrogen-bond donors (Lipinski definition) is 3. The van der Waals surface area contributed by atoms with E-state index in [2.05, 4.69) is 25.7 Å². The normalized spacial score (nSPS) is 11.5. The molecule has 3 N–H and O–H groups in total. The van der Waals surface area contributed by atoms with Crippen LogP contribution < -0.4 is 15.4 Å². The second-order valence-electron chi connectivity index (χ2n) is 8.29. The molecule has 2 heterocycles. The Kier molecular flexibility index (Phi) is 6.80. The molecule has 0 aliphatic heterocycles. The van der Waals surface area contributed by atoms with Crippen molar-refractivity contribution in [2.45, 2.75) is 6.92 Å². The highest BCUT2D eigenvalue weighted by Crippen LogP contribution is 2.38. The van der Waals surface area contributed by atoms with Crippen molar-refractivity contribution in [1.29, 1.82) is 0 Å². The van der Waals surface area contributed by atoms with E-state index in [1.54, 1.807) is 19.6 Å². The number of rotatable bonds is 9. The van der Waals surface area contributed by atoms with Gasteiger partial charge in [-0.05, 0) is 35.8 Å². The van der Waals surface area contributed by atoms with Crippen molar-refractivity contribution in [3.05, 3.63) is 109 Å². The van der Waals surface area contributed by atoms with Gasteiger partial charge in [0.1, 0.15) is 28.9 Å². The molecule has 0 fully saturated rings. The van der Waals surface area contributed by atoms with Gasteiger partial charge in [-0.15, -0.1) is 0 Å². The highest BCUT2D eigenvalue weighted by atomic mass is 16.5. The number of anilines is 2. The molecule has 184 valence electrons. The quantitative estimate of drug-likeness (QED) is 0.223. The molecular weight excluding hydrogens is 464 g/mol. The van der Waals surface area contributed by atoms with Gasteiger partial charge in [-0.2, -0.15) is 9.78 Å². The number of H-pyrrole nitrogens is 1. The van der Waals surface area contributed by atoms with Crippen LogP contribution in [0.15, 0.2) is 103 Å². The third-order valence-electron chi connectivity index (χ3n) is 6.01. The average Bonchev–Trinajstić information content (AvgIpc) is 3.61. The van der Waals surface area contributed by atoms with Crippen LogP contribution in [0.2, 0.25) is 0 Å². The molecule has 8 nitrogen and oxygen atoms in total. The lowest BCUT2D eigenvalue weighted by atomic mass is 10.0. The number of imidazole rings is 1. The van der Waals surface area contributed by atoms with Crippen LogP contribution in [-0.2, 0) is 4.79 Å². The van der Waals surface area contributed by atoms with E-state index in [0.717, 1.165) is 33.6 Å². The molecule has 0 aliphatic rings. The molecule has 0 saturated heterocycles. The van der Waals surface area contributed by atoms with E-state index in [4.69, 9.17) is 4.74 Å². The summed E-state index contributed by atoms with van der Waals surface area (Å²) in [7, 11) is 1.64. The minimum absolute atomic E-state index is 0.533. The van der Waals surface area contributed by atoms with Crippen LogP contribution in [0.1, 0.15) is 12.5 Å². The maximum atomic E-state index is 12.3. The summed E-state index contributed by atoms with van der Waals surface area (Å²) in [6, 6.07) is 27.5. The first kappa shape index (κ1) is 23.6. The monoisotopic (exact) mass is 490 g/mol. The number of carbonyl (C=O) groups excluding carboxylic acids is 1. The fourth-order valence-electron chi connectivity index (χ4n) is 4.09. The van der Waals surface area contributed by atoms with Crippen LogP contribution in [0.25, 0.3) is 28.0 Å². The van der Waals surface area contributed by atoms with Gasteiger partial charge in [0.15, 0.2) is 0 Å². The molecule has 0 amide bonds. The lowest BCUT2D eigenvalue weighted by Gasteiger charge is -2.18. The van der Waals surface area contributed by atoms with E-state index in [1.165, 1.54) is 4.68 Å². The highest BCUT2D eigenvalue weighted by Gasteiger charge is 2.22. The van der Waals surface area contributed by atoms with Gasteiger partial charge in [0.25, 0.3) is 0 Å². The first-order valence-corrected chi connectivity index (χ1v) is 11.7. The van der Waals surface area contributed by atoms with E-state index < -0.39 is 0 Å². The summed E-state index contributed by atoms with van der Waals surface area (Å²) in [6.45, 7) is 1.99. The van der Waals surface area contributed by atoms with E-state index in [-0.39, 0.29) is 0 Å². The Balaban J connectivity index is 1.68. The van der Waals surface area contributed by atoms with Gasteiger partial charge < -0.3 is 20.4 Å². The Morgan fingerprint density at radius 3 is 2.19 bits per heavy atom. The SMILES string of the molecule is COc1ccc(/C(C)=C(\Nc2c[nH]cn2)Nc2c(-c3ccccc3)c(-c3ccccc3)nn2C=O)cc1. The number of hydrogen-bond acceptors (Lipinski definition) is 6. The number of nitrogens with zero attached hydrogens (tertiary/aromatic N) is 3. The Morgan fingerprint density at radius 2 is 1.59 bits per heavy atom. The van der Waals surface area contributed by atoms with Gasteiger partial charge in [0, 0.05) is 11.8 Å². The summed E-state index contributed by atoms with van der Waals surface area (Å²) in [4.78, 5) is 19.5. The number of aromatic amines is 1. The third kappa shape index (κ3) is 4.99. The van der Waals surface area contributed by atoms with Crippen molar-refractivity contribution < 1.29 is 9.53 Å². The van der Waals surface area contributed by atoms with Crippen molar-refractivity contribution in [2.75, 3.05) is 17.7 Å². The highest BCUT2D eigenvalue weighted by molar-refractivity contribution is 5.92. The van der Waals surface area contributed by atoms with E-state index in [9.17, 15) is 4.79 Å². The first-order valence-electron chi connectivity index (χ1n) is 11.7. The molecule has 0 saturated carbocycles. The molecule has 0 spiro atoms. The molecular formula is C29H26N6O2. The van der Waals surface area contributed by atoms with Crippen LogP contribution in [0.4, 0.5) is 11.6 Å². The minimum atomic E-state index is 0.533. The van der Waals surface area contributed by atoms with Crippen LogP contribution in [0.3, 0.4) is 0 Å². The summed E-state index contributed by atoms with van der Waals surface area (Å²) in [6.07, 6.45) is 4.06. The predicted octanol–water partition coefficient (Wildman–Crippen LogP) is 5.90. The van der Waals surface area contributed by atoms with Gasteiger partial charge in [0.2, 0.25) is 6.41 Å². The van der Waals surface area contributed by atoms with Gasteiger partial charge in [-0.3, -0.25) is 4.79 Å². The summed E-state index contributed by atoms with van der Waals surface area (Å²) in [5.74, 6) is 2.57. The zero-order valence-corrected chi connectivity index (χ0v) is 20.5. The Morgan fingerprint density at radius 1 is 0.919 bits per heavy atom. The Bertz CT molecular complexity index is 1510. The summed E-state index contributed by atoms with van der Waals surface area (Å²) >= 11 is 0. The predicted molar refractivity (Wildman–Crippen MR) is 147 cm³/mol. The number of allylic oxidation sites excluding steroid dienone is 1. The number of methoxy groups -OCH3 is 1. The van der Waals surface area contributed by atoms with Crippen LogP contribution in [0, 0.1) is 0 Å². The van der Waals surface area contributed by atoms with Crippen molar-refractivity contribution in [3.63, 3.8) is 0 Å². The first-order chi connectivity index (χ1) is 18.2. The molecule has 37 heavy (non-hydrogen) atoms. The Hall–Kier alpha value is -5.11. The minimum Gasteiger partial charge on any atom is -0.497 e. The van der Waals surface area contributed by atoms with Crippen molar-refractivity contribution in [3.8, 4) is 28.1 Å². The fourth-order valence-corrected chi connectivity index (χ4v) is 4.09. The smallest absolute Gasteiger partial charge is 0.236 e. The summed E-state index contributed by atoms with van der Waals surface area (Å²) < 4.78 is 6.65. The maximum absolute atomic E-state index is 12.3. The van der Waals surface area contributed by atoms with E-state index >= 15 is 0 Å². The summed E-state index contributed by atoms with van der Waals surface area (Å²) in [5.41, 5.74) is 5.21. The lowest BCUT2D eigenvalue weighted by Crippen LogP contribution is -2.16. The maximum Gasteiger partial charge on any atom is 0.236 e. The lowest BCUT2D eigenvalue weighted by molar-refractivity contribution is 0.415. The van der Waals surface area contributed by atoms with Crippen LogP contribution in [0.5, 0.6) is 5.75 Å². The van der Waals surface area contributed by atoms with E-state index in [0.29, 0.717) is 29.6 Å². The second-order valence-corrected chi connectivity index (χ2v) is 8.29. The largest absolute Gasteiger partial charge is 0.497 e. The number of benzene rings is 3. The molecule has 3 aromatic carbocycles. The molecule has 0 unspecified atom stereocenters. The fraction of sp³-hybridized carbons (Fsp3) is 0.0690. The number of carbonyl (C=O) groups is 1. The van der Waals surface area contributed by atoms with Gasteiger partial charge >= 0.3 is 0 Å². The van der Waals surface area contributed by atoms with Gasteiger partial charge in [-0.25, -0.2) is 4.98 Å². The zero-order valence-electron chi connectivity index (χ0n) is 20.5. The molecule has 5 rings (SSSR count). The number of nitrogens with one attached hydrogen (secondary N) is 3. The molecule has 0 bridgehead atoms. The standard InChI is InChI=1S/C29H26N6O2/c1-20(21-13-15-24(37-2)16-14-21)28(32-25-17-30-18-31-25)33-29-26(22-9-5-3-6-10-22)27(34-35(29)19-36)23-11-7-4-8-12-23/h3-19,32-33H,1-2H3,(H,30,31)/b28-20+. The van der Waals surface area contributed by atoms with Crippen molar-refractivity contribution in [1.82, 2.24) is 19.7 Å². The molecule has 2 aromatic heterocycles. The van der Waals surface area contributed by atoms with Crippen LogP contribution in [-0.4, -0.2) is 33.3 Å². The zero-order chi connectivity index (χ0) is 25.6. The van der Waals surface area contributed by atoms with Crippen molar-refractivity contribution in [2.24, 2.45) is 0 Å². The molecule has 0 aliphatic carbocycles. The van der Waals surface area contributed by atoms with E-state index in [1.807, 2.05) is 91.9 Å². The Labute approximate surface area is 214 Å². The molecule has 0 atom stereocenters. The van der Waals surface area contributed by atoms with Gasteiger partial charge in [0.05, 0.1) is 19.0 Å². The third-order valence-corrected chi connectivity index (χ3v) is 6.01. The van der Waals surface area contributed by atoms with Gasteiger partial charge in [-0.1, -0.05) is 72.8 Å². The molecule has 8 heteroatoms. The van der Waals surface area contributed by atoms with Crippen molar-refractivity contribution >= 4 is 23.6 Å². The second kappa shape index (κ2) is 10.7. The molecule has 0 radical (unpaired) electrons.